The second kappa shape index (κ2) is 14.3. The van der Waals surface area contributed by atoms with E-state index in [1.165, 1.54) is 6.07 Å². The first-order valence-corrected chi connectivity index (χ1v) is 15.0. The molecule has 41 heavy (non-hydrogen) atoms. The van der Waals surface area contributed by atoms with Crippen molar-refractivity contribution in [2.45, 2.75) is 57.9 Å². The number of halogens is 3. The van der Waals surface area contributed by atoms with Crippen molar-refractivity contribution in [2.24, 2.45) is 0 Å². The Kier molecular flexibility index (Phi) is 10.8. The van der Waals surface area contributed by atoms with Crippen LogP contribution in [0.1, 0.15) is 62.1 Å². The lowest BCUT2D eigenvalue weighted by Gasteiger charge is -2.39. The van der Waals surface area contributed by atoms with Crippen molar-refractivity contribution in [1.29, 1.82) is 10.8 Å². The zero-order valence-corrected chi connectivity index (χ0v) is 24.8. The van der Waals surface area contributed by atoms with Gasteiger partial charge >= 0.3 is 0 Å². The number of benzene rings is 1. The highest BCUT2D eigenvalue weighted by Gasteiger charge is 2.32. The van der Waals surface area contributed by atoms with E-state index in [0.29, 0.717) is 55.2 Å². The van der Waals surface area contributed by atoms with E-state index in [4.69, 9.17) is 17.0 Å². The molecule has 0 atom stereocenters. The Morgan fingerprint density at radius 2 is 1.95 bits per heavy atom. The molecule has 8 nitrogen and oxygen atoms in total. The lowest BCUT2D eigenvalue weighted by atomic mass is 9.91. The number of hydrogen-bond acceptors (Lipinski definition) is 6. The Morgan fingerprint density at radius 1 is 1.20 bits per heavy atom. The number of carbonyl (C=O) groups is 1. The second-order valence-corrected chi connectivity index (χ2v) is 11.3. The van der Waals surface area contributed by atoms with E-state index in [1.54, 1.807) is 31.1 Å². The molecule has 224 valence electrons. The predicted molar refractivity (Wildman–Crippen MR) is 162 cm³/mol. The Morgan fingerprint density at radius 3 is 2.59 bits per heavy atom. The number of amidine groups is 1. The highest BCUT2D eigenvalue weighted by atomic mass is 35.5. The van der Waals surface area contributed by atoms with Crippen LogP contribution < -0.4 is 15.5 Å². The van der Waals surface area contributed by atoms with Crippen molar-refractivity contribution in [3.05, 3.63) is 46.3 Å². The van der Waals surface area contributed by atoms with Gasteiger partial charge in [0.15, 0.2) is 0 Å². The van der Waals surface area contributed by atoms with Crippen LogP contribution in [0.25, 0.3) is 5.57 Å². The summed E-state index contributed by atoms with van der Waals surface area (Å²) in [6.45, 7) is 5.97. The highest BCUT2D eigenvalue weighted by molar-refractivity contribution is 6.17. The SMILES string of the molecule is CN/C=C(\C=N)c1cc2c(cc1C(F)F)N(C(=N)C1=C(NC3CCN(CCCCl)CC3)CCN(C(C)=O)C1)CCC2. The van der Waals surface area contributed by atoms with Crippen LogP contribution in [-0.4, -0.2) is 86.0 Å². The molecule has 4 N–H and O–H groups in total. The third kappa shape index (κ3) is 7.27. The van der Waals surface area contributed by atoms with E-state index in [-0.39, 0.29) is 23.3 Å². The molecule has 0 unspecified atom stereocenters. The van der Waals surface area contributed by atoms with Crippen molar-refractivity contribution in [2.75, 3.05) is 57.1 Å². The second-order valence-electron chi connectivity index (χ2n) is 11.0. The molecule has 0 bridgehead atoms. The van der Waals surface area contributed by atoms with Gasteiger partial charge in [0, 0.05) is 99.0 Å². The van der Waals surface area contributed by atoms with E-state index in [9.17, 15) is 19.0 Å². The minimum absolute atomic E-state index is 0.0406. The quantitative estimate of drug-likeness (QED) is 0.179. The van der Waals surface area contributed by atoms with Crippen LogP contribution in [-0.2, 0) is 11.2 Å². The van der Waals surface area contributed by atoms with Crippen molar-refractivity contribution in [3.63, 3.8) is 0 Å². The van der Waals surface area contributed by atoms with Gasteiger partial charge in [0.05, 0.1) is 6.54 Å². The summed E-state index contributed by atoms with van der Waals surface area (Å²) in [5.74, 6) is 0.880. The Labute approximate surface area is 246 Å². The average Bonchev–Trinajstić information content (AvgIpc) is 2.98. The molecule has 0 aromatic heterocycles. The smallest absolute Gasteiger partial charge is 0.264 e. The van der Waals surface area contributed by atoms with Crippen LogP contribution in [0.4, 0.5) is 14.5 Å². The van der Waals surface area contributed by atoms with Crippen LogP contribution in [0.2, 0.25) is 0 Å². The topological polar surface area (TPSA) is 98.5 Å². The van der Waals surface area contributed by atoms with E-state index < -0.39 is 6.43 Å². The molecule has 4 rings (SSSR count). The number of allylic oxidation sites excluding steroid dienone is 1. The van der Waals surface area contributed by atoms with E-state index in [2.05, 4.69) is 15.5 Å². The van der Waals surface area contributed by atoms with Crippen molar-refractivity contribution < 1.29 is 13.6 Å². The predicted octanol–water partition coefficient (Wildman–Crippen LogP) is 4.75. The van der Waals surface area contributed by atoms with E-state index in [1.807, 2.05) is 4.90 Å². The summed E-state index contributed by atoms with van der Waals surface area (Å²) in [4.78, 5) is 18.4. The van der Waals surface area contributed by atoms with Gasteiger partial charge in [-0.2, -0.15) is 0 Å². The molecule has 0 spiro atoms. The number of aryl methyl sites for hydroxylation is 1. The lowest BCUT2D eigenvalue weighted by molar-refractivity contribution is -0.128. The number of nitrogens with one attached hydrogen (secondary N) is 4. The molecule has 3 aliphatic heterocycles. The average molecular weight is 590 g/mol. The maximum Gasteiger partial charge on any atom is 0.264 e. The largest absolute Gasteiger partial charge is 0.393 e. The molecular weight excluding hydrogens is 548 g/mol. The number of alkyl halides is 3. The maximum atomic E-state index is 14.3. The third-order valence-electron chi connectivity index (χ3n) is 8.29. The number of carbonyl (C=O) groups excluding carboxylic acids is 1. The van der Waals surface area contributed by atoms with Crippen LogP contribution >= 0.6 is 11.6 Å². The number of hydrogen-bond donors (Lipinski definition) is 4. The van der Waals surface area contributed by atoms with E-state index in [0.717, 1.165) is 68.4 Å². The summed E-state index contributed by atoms with van der Waals surface area (Å²) < 4.78 is 28.6. The lowest BCUT2D eigenvalue weighted by Crippen LogP contribution is -2.48. The molecule has 1 fully saturated rings. The summed E-state index contributed by atoms with van der Waals surface area (Å²) in [5.41, 5.74) is 3.77. The number of piperidine rings is 1. The minimum Gasteiger partial charge on any atom is -0.393 e. The third-order valence-corrected chi connectivity index (χ3v) is 8.56. The number of rotatable bonds is 10. The molecule has 3 heterocycles. The molecule has 1 aromatic carbocycles. The molecule has 3 aliphatic rings. The van der Waals surface area contributed by atoms with Crippen molar-refractivity contribution in [3.8, 4) is 0 Å². The van der Waals surface area contributed by atoms with Gasteiger partial charge in [-0.3, -0.25) is 10.2 Å². The molecule has 0 radical (unpaired) electrons. The van der Waals surface area contributed by atoms with Crippen LogP contribution in [0.3, 0.4) is 0 Å². The standard InChI is InChI=1S/C30H42ClF2N7O/c1-20(41)39-14-8-27(37-23-6-12-38(13-7-23)10-4-9-31)26(19-39)30(35)40-11-3-5-21-15-24(22(17-34)18-36-2)25(29(32)33)16-28(21)40/h15-18,23,29,34-37H,3-14,19H2,1-2H3/b22-18+,34-17?,35-30?. The number of anilines is 1. The Balaban J connectivity index is 1.65. The van der Waals surface area contributed by atoms with Gasteiger partial charge in [0.2, 0.25) is 5.91 Å². The van der Waals surface area contributed by atoms with Gasteiger partial charge in [0.25, 0.3) is 6.43 Å². The first kappa shape index (κ1) is 31.0. The van der Waals surface area contributed by atoms with Crippen LogP contribution in [0, 0.1) is 10.8 Å². The number of amides is 1. The highest BCUT2D eigenvalue weighted by Crippen LogP contribution is 2.38. The van der Waals surface area contributed by atoms with E-state index >= 15 is 0 Å². The molecule has 0 saturated carbocycles. The fourth-order valence-corrected chi connectivity index (χ4v) is 6.19. The first-order valence-electron chi connectivity index (χ1n) is 14.5. The number of fused-ring (bicyclic) bond motifs is 1. The zero-order valence-electron chi connectivity index (χ0n) is 24.0. The first-order chi connectivity index (χ1) is 19.8. The summed E-state index contributed by atoms with van der Waals surface area (Å²) in [6.07, 6.45) is 4.96. The normalized spacial score (nSPS) is 18.9. The van der Waals surface area contributed by atoms with Crippen LogP contribution in [0.15, 0.2) is 29.6 Å². The monoisotopic (exact) mass is 589 g/mol. The molecule has 1 aromatic rings. The van der Waals surface area contributed by atoms with Gasteiger partial charge in [-0.05, 0) is 61.9 Å². The number of nitrogens with zero attached hydrogens (tertiary/aromatic N) is 3. The zero-order chi connectivity index (χ0) is 29.5. The van der Waals surface area contributed by atoms with Gasteiger partial charge in [-0.15, -0.1) is 11.6 Å². The van der Waals surface area contributed by atoms with Gasteiger partial charge in [-0.1, -0.05) is 0 Å². The molecule has 1 amide bonds. The summed E-state index contributed by atoms with van der Waals surface area (Å²) in [5, 5.41) is 23.7. The Bertz CT molecular complexity index is 1190. The van der Waals surface area contributed by atoms with Gasteiger partial charge < -0.3 is 30.7 Å². The fourth-order valence-electron chi connectivity index (χ4n) is 6.07. The molecular formula is C30H42ClF2N7O. The molecule has 11 heteroatoms. The van der Waals surface area contributed by atoms with Crippen molar-refractivity contribution >= 4 is 40.8 Å². The van der Waals surface area contributed by atoms with Crippen LogP contribution in [0.5, 0.6) is 0 Å². The van der Waals surface area contributed by atoms with Gasteiger partial charge in [-0.25, -0.2) is 8.78 Å². The van der Waals surface area contributed by atoms with Crippen molar-refractivity contribution in [1.82, 2.24) is 20.4 Å². The Hall–Kier alpha value is -2.98. The summed E-state index contributed by atoms with van der Waals surface area (Å²) in [7, 11) is 1.67. The maximum absolute atomic E-state index is 14.3. The fraction of sp³-hybridized carbons (Fsp3) is 0.567. The van der Waals surface area contributed by atoms with Gasteiger partial charge in [0.1, 0.15) is 5.84 Å². The minimum atomic E-state index is -2.73. The molecule has 1 saturated heterocycles. The summed E-state index contributed by atoms with van der Waals surface area (Å²) in [6, 6.07) is 3.52. The molecule has 0 aliphatic carbocycles. The summed E-state index contributed by atoms with van der Waals surface area (Å²) >= 11 is 5.87. The number of likely N-dealkylation sites (tertiary alicyclic amines) is 1.